The van der Waals surface area contributed by atoms with Gasteiger partial charge in [-0.25, -0.2) is 4.79 Å². The van der Waals surface area contributed by atoms with Gasteiger partial charge in [-0.15, -0.1) is 0 Å². The quantitative estimate of drug-likeness (QED) is 0.874. The second-order valence-electron chi connectivity index (χ2n) is 5.67. The third-order valence-electron chi connectivity index (χ3n) is 2.42. The van der Waals surface area contributed by atoms with Crippen LogP contribution in [0.5, 0.6) is 0 Å². The van der Waals surface area contributed by atoms with Crippen LogP contribution in [0.3, 0.4) is 0 Å². The maximum atomic E-state index is 11.6. The van der Waals surface area contributed by atoms with Crippen LogP contribution in [0.1, 0.15) is 38.3 Å². The molecule has 1 rings (SSSR count). The molecule has 21 heavy (non-hydrogen) atoms. The van der Waals surface area contributed by atoms with Crippen molar-refractivity contribution in [3.05, 3.63) is 41.5 Å². The summed E-state index contributed by atoms with van der Waals surface area (Å²) in [5.41, 5.74) is 6.45. The van der Waals surface area contributed by atoms with Gasteiger partial charge in [0.05, 0.1) is 0 Å². The number of carbonyl (C=O) groups excluding carboxylic acids is 2. The number of rotatable bonds is 5. The third-order valence-corrected chi connectivity index (χ3v) is 2.42. The first-order valence-electron chi connectivity index (χ1n) is 6.77. The lowest BCUT2D eigenvalue weighted by molar-refractivity contribution is -0.117. The molecule has 0 aliphatic carbocycles. The molecule has 0 atom stereocenters. The van der Waals surface area contributed by atoms with Gasteiger partial charge in [0.15, 0.2) is 0 Å². The molecule has 5 heteroatoms. The third kappa shape index (κ3) is 7.77. The van der Waals surface area contributed by atoms with E-state index in [9.17, 15) is 9.59 Å². The molecule has 0 aromatic heterocycles. The Morgan fingerprint density at radius 2 is 2.05 bits per heavy atom. The van der Waals surface area contributed by atoms with E-state index in [0.29, 0.717) is 6.54 Å². The van der Waals surface area contributed by atoms with Crippen LogP contribution >= 0.6 is 0 Å². The zero-order valence-corrected chi connectivity index (χ0v) is 12.7. The van der Waals surface area contributed by atoms with E-state index in [1.807, 2.05) is 51.1 Å². The molecule has 0 spiro atoms. The van der Waals surface area contributed by atoms with Crippen LogP contribution in [0.15, 0.2) is 30.3 Å². The minimum Gasteiger partial charge on any atom is -0.444 e. The highest BCUT2D eigenvalue weighted by Gasteiger charge is 2.15. The molecule has 3 N–H and O–H groups in total. The van der Waals surface area contributed by atoms with Gasteiger partial charge < -0.3 is 15.8 Å². The largest absolute Gasteiger partial charge is 0.444 e. The number of benzene rings is 1. The molecule has 0 aliphatic heterocycles. The van der Waals surface area contributed by atoms with Gasteiger partial charge in [-0.1, -0.05) is 30.4 Å². The summed E-state index contributed by atoms with van der Waals surface area (Å²) >= 11 is 0. The van der Waals surface area contributed by atoms with E-state index in [1.54, 1.807) is 6.08 Å². The number of ether oxygens (including phenoxy) is 1. The standard InChI is InChI=1S/C16H22N2O3/c1-16(2,3)21-15(20)18-11-13-8-4-6-12(10-13)7-5-9-14(17)19/h4-8,10H,9,11H2,1-3H3,(H2,17,19)(H,18,20). The highest BCUT2D eigenvalue weighted by Crippen LogP contribution is 2.09. The van der Waals surface area contributed by atoms with Gasteiger partial charge in [0, 0.05) is 13.0 Å². The van der Waals surface area contributed by atoms with Gasteiger partial charge in [0.25, 0.3) is 0 Å². The molecule has 0 bridgehead atoms. The van der Waals surface area contributed by atoms with Crippen LogP contribution in [0.25, 0.3) is 6.08 Å². The number of nitrogens with one attached hydrogen (secondary N) is 1. The van der Waals surface area contributed by atoms with Crippen LogP contribution in [0, 0.1) is 0 Å². The Balaban J connectivity index is 2.55. The van der Waals surface area contributed by atoms with Crippen molar-refractivity contribution in [3.63, 3.8) is 0 Å². The number of hydrogen-bond acceptors (Lipinski definition) is 3. The van der Waals surface area contributed by atoms with Gasteiger partial charge in [-0.3, -0.25) is 4.79 Å². The van der Waals surface area contributed by atoms with E-state index in [1.165, 1.54) is 0 Å². The Hall–Kier alpha value is -2.30. The summed E-state index contributed by atoms with van der Waals surface area (Å²) in [6, 6.07) is 7.63. The van der Waals surface area contributed by atoms with Crippen molar-refractivity contribution >= 4 is 18.1 Å². The van der Waals surface area contributed by atoms with Gasteiger partial charge in [0.1, 0.15) is 5.60 Å². The lowest BCUT2D eigenvalue weighted by Gasteiger charge is -2.19. The fraction of sp³-hybridized carbons (Fsp3) is 0.375. The highest BCUT2D eigenvalue weighted by atomic mass is 16.6. The normalized spacial score (nSPS) is 11.4. The van der Waals surface area contributed by atoms with E-state index in [-0.39, 0.29) is 12.3 Å². The minimum absolute atomic E-state index is 0.209. The van der Waals surface area contributed by atoms with Gasteiger partial charge in [0.2, 0.25) is 5.91 Å². The molecule has 5 nitrogen and oxygen atoms in total. The average molecular weight is 290 g/mol. The topological polar surface area (TPSA) is 81.4 Å². The Labute approximate surface area is 125 Å². The molecular weight excluding hydrogens is 268 g/mol. The maximum absolute atomic E-state index is 11.6. The summed E-state index contributed by atoms with van der Waals surface area (Å²) < 4.78 is 5.17. The van der Waals surface area contributed by atoms with E-state index in [4.69, 9.17) is 10.5 Å². The van der Waals surface area contributed by atoms with E-state index >= 15 is 0 Å². The lowest BCUT2D eigenvalue weighted by Crippen LogP contribution is -2.32. The summed E-state index contributed by atoms with van der Waals surface area (Å²) in [4.78, 5) is 22.2. The van der Waals surface area contributed by atoms with E-state index in [2.05, 4.69) is 5.32 Å². The van der Waals surface area contributed by atoms with Crippen molar-refractivity contribution in [2.45, 2.75) is 39.3 Å². The monoisotopic (exact) mass is 290 g/mol. The first kappa shape index (κ1) is 16.8. The second kappa shape index (κ2) is 7.47. The summed E-state index contributed by atoms with van der Waals surface area (Å²) in [5, 5.41) is 2.70. The van der Waals surface area contributed by atoms with Crippen molar-refractivity contribution in [1.29, 1.82) is 0 Å². The Kier molecular flexibility index (Phi) is 5.96. The van der Waals surface area contributed by atoms with Crippen LogP contribution < -0.4 is 11.1 Å². The summed E-state index contributed by atoms with van der Waals surface area (Å²) in [5.74, 6) is -0.367. The van der Waals surface area contributed by atoms with Crippen molar-refractivity contribution in [2.75, 3.05) is 0 Å². The molecule has 0 heterocycles. The fourth-order valence-electron chi connectivity index (χ4n) is 1.61. The molecule has 2 amide bonds. The van der Waals surface area contributed by atoms with Crippen molar-refractivity contribution in [3.8, 4) is 0 Å². The Morgan fingerprint density at radius 3 is 2.67 bits per heavy atom. The summed E-state index contributed by atoms with van der Waals surface area (Å²) in [6.07, 6.45) is 3.29. The van der Waals surface area contributed by atoms with Crippen molar-refractivity contribution in [2.24, 2.45) is 5.73 Å². The van der Waals surface area contributed by atoms with Crippen molar-refractivity contribution in [1.82, 2.24) is 5.32 Å². The molecule has 1 aromatic carbocycles. The molecule has 0 saturated carbocycles. The highest BCUT2D eigenvalue weighted by molar-refractivity contribution is 5.76. The number of nitrogens with two attached hydrogens (primary N) is 1. The zero-order chi connectivity index (χ0) is 15.9. The summed E-state index contributed by atoms with van der Waals surface area (Å²) in [7, 11) is 0. The van der Waals surface area contributed by atoms with Crippen LogP contribution in [-0.4, -0.2) is 17.6 Å². The second-order valence-corrected chi connectivity index (χ2v) is 5.67. The number of amides is 2. The van der Waals surface area contributed by atoms with E-state index < -0.39 is 11.7 Å². The maximum Gasteiger partial charge on any atom is 0.407 e. The number of hydrogen-bond donors (Lipinski definition) is 2. The molecule has 0 saturated heterocycles. The number of alkyl carbamates (subject to hydrolysis) is 1. The van der Waals surface area contributed by atoms with Gasteiger partial charge in [-0.2, -0.15) is 0 Å². The van der Waals surface area contributed by atoms with E-state index in [0.717, 1.165) is 11.1 Å². The predicted octanol–water partition coefficient (Wildman–Crippen LogP) is 2.60. The van der Waals surface area contributed by atoms with Crippen LogP contribution in [0.4, 0.5) is 4.79 Å². The SMILES string of the molecule is CC(C)(C)OC(=O)NCc1cccc(C=CCC(N)=O)c1. The first-order chi connectivity index (χ1) is 9.76. The molecular formula is C16H22N2O3. The molecule has 0 radical (unpaired) electrons. The first-order valence-corrected chi connectivity index (χ1v) is 6.77. The van der Waals surface area contributed by atoms with Crippen LogP contribution in [0.2, 0.25) is 0 Å². The van der Waals surface area contributed by atoms with Gasteiger partial charge in [-0.05, 0) is 38.0 Å². The smallest absolute Gasteiger partial charge is 0.407 e. The zero-order valence-electron chi connectivity index (χ0n) is 12.7. The van der Waals surface area contributed by atoms with Gasteiger partial charge >= 0.3 is 6.09 Å². The molecule has 0 fully saturated rings. The molecule has 0 aliphatic rings. The van der Waals surface area contributed by atoms with Crippen molar-refractivity contribution < 1.29 is 14.3 Å². The predicted molar refractivity (Wildman–Crippen MR) is 82.4 cm³/mol. The summed E-state index contributed by atoms with van der Waals surface area (Å²) in [6.45, 7) is 5.83. The number of primary amides is 1. The lowest BCUT2D eigenvalue weighted by atomic mass is 10.1. The molecule has 114 valence electrons. The number of carbonyl (C=O) groups is 2. The minimum atomic E-state index is -0.510. The Bertz CT molecular complexity index is 531. The fourth-order valence-corrected chi connectivity index (χ4v) is 1.61. The average Bonchev–Trinajstić information content (AvgIpc) is 2.34. The molecule has 0 unspecified atom stereocenters. The molecule has 1 aromatic rings. The Morgan fingerprint density at radius 1 is 1.33 bits per heavy atom. The van der Waals surface area contributed by atoms with Crippen LogP contribution in [-0.2, 0) is 16.1 Å².